The predicted molar refractivity (Wildman–Crippen MR) is 62.2 cm³/mol. The summed E-state index contributed by atoms with van der Waals surface area (Å²) in [6.45, 7) is 1.70. The molecule has 1 aromatic heterocycles. The minimum atomic E-state index is -2.87. The second-order valence-corrected chi connectivity index (χ2v) is 3.68. The fourth-order valence-corrected chi connectivity index (χ4v) is 1.59. The van der Waals surface area contributed by atoms with Crippen molar-refractivity contribution < 1.29 is 18.3 Å². The van der Waals surface area contributed by atoms with E-state index in [1.807, 2.05) is 0 Å². The summed E-state index contributed by atoms with van der Waals surface area (Å²) in [5, 5.41) is 0.313. The molecular weight excluding hydrogens is 298 g/mol. The maximum Gasteiger partial charge on any atom is 0.338 e. The lowest BCUT2D eigenvalue weighted by molar-refractivity contribution is 0.0515. The van der Waals surface area contributed by atoms with Crippen molar-refractivity contribution in [1.29, 1.82) is 0 Å². The van der Waals surface area contributed by atoms with E-state index in [0.29, 0.717) is 11.0 Å². The number of anilines is 1. The number of esters is 1. The molecule has 0 aromatic carbocycles. The highest BCUT2D eigenvalue weighted by Crippen LogP contribution is 2.29. The molecule has 0 aliphatic heterocycles. The lowest BCUT2D eigenvalue weighted by atomic mass is 10.1. The summed E-state index contributed by atoms with van der Waals surface area (Å²) < 4.78 is 30.3. The quantitative estimate of drug-likeness (QED) is 0.686. The van der Waals surface area contributed by atoms with Crippen LogP contribution in [0.1, 0.15) is 35.0 Å². The first kappa shape index (κ1) is 13.8. The zero-order valence-corrected chi connectivity index (χ0v) is 10.6. The molecule has 0 unspecified atom stereocenters. The van der Waals surface area contributed by atoms with Crippen LogP contribution in [0.25, 0.3) is 0 Å². The third-order valence-corrected chi connectivity index (χ3v) is 2.57. The van der Waals surface area contributed by atoms with E-state index in [9.17, 15) is 13.6 Å². The van der Waals surface area contributed by atoms with E-state index < -0.39 is 18.0 Å². The molecule has 1 rings (SSSR count). The largest absolute Gasteiger partial charge is 0.462 e. The summed E-state index contributed by atoms with van der Waals surface area (Å²) in [4.78, 5) is 15.3. The van der Waals surface area contributed by atoms with Crippen molar-refractivity contribution in [3.05, 3.63) is 22.9 Å². The van der Waals surface area contributed by atoms with Gasteiger partial charge in [0.15, 0.2) is 0 Å². The van der Waals surface area contributed by atoms with Gasteiger partial charge in [0.25, 0.3) is 6.43 Å². The molecule has 2 N–H and O–H groups in total. The Morgan fingerprint density at radius 3 is 2.76 bits per heavy atom. The first-order valence-electron chi connectivity index (χ1n) is 4.81. The van der Waals surface area contributed by atoms with Crippen LogP contribution in [0.3, 0.4) is 0 Å². The number of rotatable bonds is 4. The van der Waals surface area contributed by atoms with Crippen molar-refractivity contribution >= 4 is 27.7 Å². The molecule has 0 bridgehead atoms. The van der Waals surface area contributed by atoms with Gasteiger partial charge < -0.3 is 10.5 Å². The fourth-order valence-electron chi connectivity index (χ4n) is 1.31. The minimum absolute atomic E-state index is 0.105. The SMILES string of the molecule is CCOC(=O)c1cc(CBr)nc(N)c1C(F)F. The van der Waals surface area contributed by atoms with Crippen LogP contribution in [0.5, 0.6) is 0 Å². The van der Waals surface area contributed by atoms with Crippen molar-refractivity contribution in [3.8, 4) is 0 Å². The van der Waals surface area contributed by atoms with E-state index in [4.69, 9.17) is 10.5 Å². The standard InChI is InChI=1S/C10H11BrF2N2O2/c1-2-17-10(16)6-3-5(4-11)15-9(14)7(6)8(12)13/h3,8H,2,4H2,1H3,(H2,14,15). The first-order chi connectivity index (χ1) is 8.01. The van der Waals surface area contributed by atoms with E-state index in [-0.39, 0.29) is 18.0 Å². The predicted octanol–water partition coefficient (Wildman–Crippen LogP) is 2.67. The minimum Gasteiger partial charge on any atom is -0.462 e. The van der Waals surface area contributed by atoms with Crippen molar-refractivity contribution in [1.82, 2.24) is 4.98 Å². The van der Waals surface area contributed by atoms with Crippen LogP contribution < -0.4 is 5.73 Å². The molecule has 0 fully saturated rings. The normalized spacial score (nSPS) is 10.6. The number of nitrogen functional groups attached to an aromatic ring is 1. The van der Waals surface area contributed by atoms with E-state index >= 15 is 0 Å². The number of pyridine rings is 1. The number of ether oxygens (including phenoxy) is 1. The number of halogens is 3. The second-order valence-electron chi connectivity index (χ2n) is 3.11. The highest BCUT2D eigenvalue weighted by molar-refractivity contribution is 9.08. The van der Waals surface area contributed by atoms with Crippen LogP contribution >= 0.6 is 15.9 Å². The van der Waals surface area contributed by atoms with Crippen molar-refractivity contribution in [2.45, 2.75) is 18.7 Å². The molecule has 17 heavy (non-hydrogen) atoms. The fraction of sp³-hybridized carbons (Fsp3) is 0.400. The first-order valence-corrected chi connectivity index (χ1v) is 5.93. The molecular formula is C10H11BrF2N2O2. The number of carbonyl (C=O) groups is 1. The van der Waals surface area contributed by atoms with Crippen molar-refractivity contribution in [2.24, 2.45) is 0 Å². The number of nitrogens with two attached hydrogens (primary N) is 1. The van der Waals surface area contributed by atoms with Gasteiger partial charge in [-0.2, -0.15) is 0 Å². The number of aromatic nitrogens is 1. The monoisotopic (exact) mass is 308 g/mol. The topological polar surface area (TPSA) is 65.2 Å². The molecule has 4 nitrogen and oxygen atoms in total. The van der Waals surface area contributed by atoms with Gasteiger partial charge in [0.1, 0.15) is 5.82 Å². The molecule has 1 aromatic rings. The number of hydrogen-bond acceptors (Lipinski definition) is 4. The Kier molecular flexibility index (Phi) is 4.80. The molecule has 0 saturated carbocycles. The highest BCUT2D eigenvalue weighted by atomic mass is 79.9. The van der Waals surface area contributed by atoms with E-state index in [0.717, 1.165) is 0 Å². The number of hydrogen-bond donors (Lipinski definition) is 1. The Hall–Kier alpha value is -1.24. The van der Waals surface area contributed by atoms with E-state index in [1.54, 1.807) is 6.92 Å². The Labute approximate surface area is 105 Å². The van der Waals surface area contributed by atoms with Crippen molar-refractivity contribution in [2.75, 3.05) is 12.3 Å². The summed E-state index contributed by atoms with van der Waals surface area (Å²) in [7, 11) is 0. The molecule has 0 atom stereocenters. The zero-order chi connectivity index (χ0) is 13.0. The van der Waals surface area contributed by atoms with Crippen LogP contribution in [-0.2, 0) is 10.1 Å². The van der Waals surface area contributed by atoms with Gasteiger partial charge in [0.2, 0.25) is 0 Å². The molecule has 7 heteroatoms. The van der Waals surface area contributed by atoms with Gasteiger partial charge in [0.05, 0.1) is 23.4 Å². The molecule has 0 amide bonds. The number of alkyl halides is 3. The number of carbonyl (C=O) groups excluding carboxylic acids is 1. The summed E-state index contributed by atoms with van der Waals surface area (Å²) in [5.41, 5.74) is 5.00. The Balaban J connectivity index is 3.32. The molecule has 0 aliphatic carbocycles. The van der Waals surface area contributed by atoms with Crippen LogP contribution in [0, 0.1) is 0 Å². The third-order valence-electron chi connectivity index (χ3n) is 1.99. The molecule has 1 heterocycles. The molecule has 0 radical (unpaired) electrons. The van der Waals surface area contributed by atoms with Crippen LogP contribution in [0.4, 0.5) is 14.6 Å². The molecule has 0 saturated heterocycles. The molecule has 0 aliphatic rings. The van der Waals surface area contributed by atoms with Gasteiger partial charge in [-0.25, -0.2) is 18.6 Å². The Bertz CT molecular complexity index is 427. The number of nitrogens with zero attached hydrogens (tertiary/aromatic N) is 1. The van der Waals surface area contributed by atoms with Gasteiger partial charge in [-0.15, -0.1) is 0 Å². The van der Waals surface area contributed by atoms with Crippen LogP contribution in [0.2, 0.25) is 0 Å². The molecule has 0 spiro atoms. The second kappa shape index (κ2) is 5.90. The average molecular weight is 309 g/mol. The maximum absolute atomic E-state index is 12.8. The summed E-state index contributed by atoms with van der Waals surface area (Å²) in [6.07, 6.45) is -2.87. The lowest BCUT2D eigenvalue weighted by Crippen LogP contribution is -2.13. The maximum atomic E-state index is 12.8. The van der Waals surface area contributed by atoms with Gasteiger partial charge >= 0.3 is 5.97 Å². The van der Waals surface area contributed by atoms with E-state index in [2.05, 4.69) is 20.9 Å². The van der Waals surface area contributed by atoms with E-state index in [1.165, 1.54) is 6.07 Å². The zero-order valence-electron chi connectivity index (χ0n) is 9.04. The highest BCUT2D eigenvalue weighted by Gasteiger charge is 2.24. The van der Waals surface area contributed by atoms with Gasteiger partial charge in [-0.1, -0.05) is 15.9 Å². The van der Waals surface area contributed by atoms with Crippen LogP contribution in [0.15, 0.2) is 6.07 Å². The molecule has 94 valence electrons. The Morgan fingerprint density at radius 2 is 2.29 bits per heavy atom. The smallest absolute Gasteiger partial charge is 0.338 e. The summed E-state index contributed by atoms with van der Waals surface area (Å²) in [6, 6.07) is 1.25. The average Bonchev–Trinajstić information content (AvgIpc) is 2.27. The van der Waals surface area contributed by atoms with Gasteiger partial charge in [-0.3, -0.25) is 0 Å². The van der Waals surface area contributed by atoms with Crippen molar-refractivity contribution in [3.63, 3.8) is 0 Å². The Morgan fingerprint density at radius 1 is 1.65 bits per heavy atom. The summed E-state index contributed by atoms with van der Waals surface area (Å²) in [5.74, 6) is -1.17. The van der Waals surface area contributed by atoms with Gasteiger partial charge in [-0.05, 0) is 13.0 Å². The van der Waals surface area contributed by atoms with Crippen LogP contribution in [-0.4, -0.2) is 17.6 Å². The summed E-state index contributed by atoms with van der Waals surface area (Å²) >= 11 is 3.12. The third kappa shape index (κ3) is 3.12. The lowest BCUT2D eigenvalue weighted by Gasteiger charge is -2.11. The van der Waals surface area contributed by atoms with Gasteiger partial charge in [0, 0.05) is 5.33 Å².